The number of esters is 3. The van der Waals surface area contributed by atoms with E-state index in [1.54, 1.807) is 0 Å². The zero-order chi connectivity index (χ0) is 59.9. The molecule has 0 aliphatic carbocycles. The minimum atomic E-state index is -0.783. The zero-order valence-electron chi connectivity index (χ0n) is 54.9. The van der Waals surface area contributed by atoms with Gasteiger partial charge in [-0.05, 0) is 96.3 Å². The van der Waals surface area contributed by atoms with Crippen LogP contribution in [-0.2, 0) is 28.6 Å². The molecule has 0 radical (unpaired) electrons. The summed E-state index contributed by atoms with van der Waals surface area (Å²) in [6.07, 6.45) is 95.7. The third-order valence-corrected chi connectivity index (χ3v) is 15.6. The van der Waals surface area contributed by atoms with E-state index >= 15 is 0 Å². The maximum Gasteiger partial charge on any atom is 0.306 e. The molecule has 0 heterocycles. The van der Waals surface area contributed by atoms with Gasteiger partial charge >= 0.3 is 17.9 Å². The van der Waals surface area contributed by atoms with Gasteiger partial charge in [-0.15, -0.1) is 0 Å². The molecule has 0 aliphatic rings. The van der Waals surface area contributed by atoms with E-state index in [4.69, 9.17) is 14.2 Å². The summed E-state index contributed by atoms with van der Waals surface area (Å²) >= 11 is 0. The third-order valence-electron chi connectivity index (χ3n) is 15.6. The molecule has 1 atom stereocenters. The minimum absolute atomic E-state index is 0.0765. The van der Waals surface area contributed by atoms with Crippen molar-refractivity contribution in [2.45, 2.75) is 361 Å². The van der Waals surface area contributed by atoms with E-state index in [-0.39, 0.29) is 31.1 Å². The first-order chi connectivity index (χ1) is 41.0. The Morgan fingerprint density at radius 2 is 0.470 bits per heavy atom. The Kier molecular flexibility index (Phi) is 67.7. The van der Waals surface area contributed by atoms with Gasteiger partial charge in [0.1, 0.15) is 13.2 Å². The number of rotatable bonds is 65. The summed E-state index contributed by atoms with van der Waals surface area (Å²) in [6.45, 7) is 6.46. The highest BCUT2D eigenvalue weighted by molar-refractivity contribution is 5.71. The van der Waals surface area contributed by atoms with Gasteiger partial charge < -0.3 is 14.2 Å². The Morgan fingerprint density at radius 3 is 0.735 bits per heavy atom. The van der Waals surface area contributed by atoms with Crippen LogP contribution in [0.1, 0.15) is 355 Å². The standard InChI is InChI=1S/C77H134O6/c1-4-7-10-13-16-19-22-25-28-31-33-35-36-37-38-39-40-42-43-46-49-52-55-58-61-64-67-70-76(79)82-73-74(72-81-75(78)69-66-63-60-57-54-51-48-45-30-27-24-21-18-15-12-9-6-3)83-77(80)71-68-65-62-59-56-53-50-47-44-41-34-32-29-26-23-20-17-14-11-8-5-2/h7-8,10-11,16-17,19-20,25-26,28-29,33-35,41,74H,4-6,9,12-15,18,21-24,27,30-32,36-40,42-73H2,1-3H3/b10-7-,11-8-,19-16-,20-17-,28-25-,29-26-,35-33-,41-34-. The lowest BCUT2D eigenvalue weighted by molar-refractivity contribution is -0.167. The Morgan fingerprint density at radius 1 is 0.253 bits per heavy atom. The quantitative estimate of drug-likeness (QED) is 0.0261. The van der Waals surface area contributed by atoms with E-state index in [9.17, 15) is 14.4 Å². The number of ether oxygens (including phenoxy) is 3. The molecule has 6 heteroatoms. The molecular formula is C77H134O6. The van der Waals surface area contributed by atoms with Crippen molar-refractivity contribution in [2.24, 2.45) is 0 Å². The van der Waals surface area contributed by atoms with Crippen LogP contribution in [0.3, 0.4) is 0 Å². The number of carbonyl (C=O) groups is 3. The molecule has 0 aliphatic heterocycles. The summed E-state index contributed by atoms with van der Waals surface area (Å²) in [5.41, 5.74) is 0. The smallest absolute Gasteiger partial charge is 0.306 e. The molecule has 83 heavy (non-hydrogen) atoms. The van der Waals surface area contributed by atoms with Gasteiger partial charge in [0, 0.05) is 19.3 Å². The van der Waals surface area contributed by atoms with E-state index in [0.29, 0.717) is 19.3 Å². The van der Waals surface area contributed by atoms with E-state index in [1.807, 2.05) is 0 Å². The lowest BCUT2D eigenvalue weighted by Crippen LogP contribution is -2.30. The Labute approximate surface area is 515 Å². The van der Waals surface area contributed by atoms with Crippen LogP contribution in [-0.4, -0.2) is 37.2 Å². The zero-order valence-corrected chi connectivity index (χ0v) is 54.9. The summed E-state index contributed by atoms with van der Waals surface area (Å²) < 4.78 is 17.0. The van der Waals surface area contributed by atoms with Gasteiger partial charge in [0.05, 0.1) is 0 Å². The summed E-state index contributed by atoms with van der Waals surface area (Å²) in [5, 5.41) is 0. The maximum atomic E-state index is 13.0. The fourth-order valence-electron chi connectivity index (χ4n) is 10.3. The van der Waals surface area contributed by atoms with Crippen LogP contribution in [0.25, 0.3) is 0 Å². The van der Waals surface area contributed by atoms with Crippen LogP contribution in [0.15, 0.2) is 97.2 Å². The van der Waals surface area contributed by atoms with Crippen molar-refractivity contribution in [3.8, 4) is 0 Å². The first-order valence-electron chi connectivity index (χ1n) is 35.7. The SMILES string of the molecule is CC/C=C\C/C=C\C/C=C\C/C=C\CCCCCCCCCCCCCCCCC(=O)OCC(COC(=O)CCCCCCCCCCCCCCCCCCC)OC(=O)CCCCCCCCCC/C=C\C/C=C\C/C=C\C/C=C\CC. The second-order valence-electron chi connectivity index (χ2n) is 23.7. The summed E-state index contributed by atoms with van der Waals surface area (Å²) in [5.74, 6) is -0.865. The molecule has 0 bridgehead atoms. The van der Waals surface area contributed by atoms with Gasteiger partial charge in [0.15, 0.2) is 6.10 Å². The number of carbonyl (C=O) groups excluding carboxylic acids is 3. The van der Waals surface area contributed by atoms with Gasteiger partial charge in [0.2, 0.25) is 0 Å². The summed E-state index contributed by atoms with van der Waals surface area (Å²) in [4.78, 5) is 38.5. The molecule has 0 aromatic rings. The normalized spacial score (nSPS) is 12.7. The average Bonchev–Trinajstić information content (AvgIpc) is 3.49. The molecule has 0 saturated carbocycles. The van der Waals surface area contributed by atoms with Crippen LogP contribution < -0.4 is 0 Å². The van der Waals surface area contributed by atoms with Crippen molar-refractivity contribution in [2.75, 3.05) is 13.2 Å². The molecule has 0 aromatic heterocycles. The topological polar surface area (TPSA) is 78.9 Å². The number of hydrogen-bond donors (Lipinski definition) is 0. The number of unbranched alkanes of at least 4 members (excludes halogenated alkanes) is 38. The highest BCUT2D eigenvalue weighted by atomic mass is 16.6. The maximum absolute atomic E-state index is 13.0. The first kappa shape index (κ1) is 79.3. The molecule has 0 spiro atoms. The first-order valence-corrected chi connectivity index (χ1v) is 35.7. The summed E-state index contributed by atoms with van der Waals surface area (Å²) in [6, 6.07) is 0. The second kappa shape index (κ2) is 70.8. The fraction of sp³-hybridized carbons (Fsp3) is 0.753. The lowest BCUT2D eigenvalue weighted by Gasteiger charge is -2.18. The number of allylic oxidation sites excluding steroid dienone is 16. The van der Waals surface area contributed by atoms with Crippen molar-refractivity contribution >= 4 is 17.9 Å². The van der Waals surface area contributed by atoms with Crippen molar-refractivity contribution in [3.05, 3.63) is 97.2 Å². The van der Waals surface area contributed by atoms with Gasteiger partial charge in [0.25, 0.3) is 0 Å². The highest BCUT2D eigenvalue weighted by Crippen LogP contribution is 2.18. The van der Waals surface area contributed by atoms with Crippen LogP contribution >= 0.6 is 0 Å². The Hall–Kier alpha value is -3.67. The summed E-state index contributed by atoms with van der Waals surface area (Å²) in [7, 11) is 0. The largest absolute Gasteiger partial charge is 0.462 e. The third kappa shape index (κ3) is 69.0. The molecule has 0 saturated heterocycles. The molecule has 478 valence electrons. The molecule has 0 rings (SSSR count). The highest BCUT2D eigenvalue weighted by Gasteiger charge is 2.19. The molecule has 6 nitrogen and oxygen atoms in total. The van der Waals surface area contributed by atoms with Crippen LogP contribution in [0, 0.1) is 0 Å². The predicted octanol–water partition coefficient (Wildman–Crippen LogP) is 24.8. The van der Waals surface area contributed by atoms with Crippen molar-refractivity contribution in [1.29, 1.82) is 0 Å². The van der Waals surface area contributed by atoms with Crippen LogP contribution in [0.4, 0.5) is 0 Å². The molecule has 0 aromatic carbocycles. The van der Waals surface area contributed by atoms with Crippen molar-refractivity contribution in [1.82, 2.24) is 0 Å². The van der Waals surface area contributed by atoms with Crippen LogP contribution in [0.5, 0.6) is 0 Å². The molecule has 1 unspecified atom stereocenters. The van der Waals surface area contributed by atoms with E-state index in [2.05, 4.69) is 118 Å². The van der Waals surface area contributed by atoms with E-state index in [1.165, 1.54) is 199 Å². The molecular weight excluding hydrogens is 1020 g/mol. The number of hydrogen-bond acceptors (Lipinski definition) is 6. The molecule has 0 amide bonds. The van der Waals surface area contributed by atoms with Crippen molar-refractivity contribution in [3.63, 3.8) is 0 Å². The minimum Gasteiger partial charge on any atom is -0.462 e. The monoisotopic (exact) mass is 1160 g/mol. The molecule has 0 fully saturated rings. The molecule has 0 N–H and O–H groups in total. The van der Waals surface area contributed by atoms with E-state index in [0.717, 1.165) is 116 Å². The van der Waals surface area contributed by atoms with Gasteiger partial charge in [-0.3, -0.25) is 14.4 Å². The van der Waals surface area contributed by atoms with Gasteiger partial charge in [-0.2, -0.15) is 0 Å². The van der Waals surface area contributed by atoms with Crippen LogP contribution in [0.2, 0.25) is 0 Å². The Balaban J connectivity index is 4.33. The predicted molar refractivity (Wildman–Crippen MR) is 362 cm³/mol. The van der Waals surface area contributed by atoms with Gasteiger partial charge in [-0.1, -0.05) is 336 Å². The average molecular weight is 1160 g/mol. The Bertz CT molecular complexity index is 1610. The lowest BCUT2D eigenvalue weighted by atomic mass is 10.0. The van der Waals surface area contributed by atoms with E-state index < -0.39 is 6.10 Å². The van der Waals surface area contributed by atoms with Gasteiger partial charge in [-0.25, -0.2) is 0 Å². The fourth-order valence-corrected chi connectivity index (χ4v) is 10.3. The van der Waals surface area contributed by atoms with Crippen molar-refractivity contribution < 1.29 is 28.6 Å². The second-order valence-corrected chi connectivity index (χ2v) is 23.7.